The molecule has 2 aromatic rings. The average Bonchev–Trinajstić information content (AvgIpc) is 2.54. The highest BCUT2D eigenvalue weighted by atomic mass is 19.1. The maximum Gasteiger partial charge on any atom is 0.315 e. The molecule has 1 unspecified atom stereocenters. The number of halogens is 1. The lowest BCUT2D eigenvalue weighted by Crippen LogP contribution is -2.40. The Morgan fingerprint density at radius 2 is 1.77 bits per heavy atom. The van der Waals surface area contributed by atoms with Crippen molar-refractivity contribution in [1.82, 2.24) is 10.6 Å². The van der Waals surface area contributed by atoms with E-state index in [1.165, 1.54) is 6.07 Å². The van der Waals surface area contributed by atoms with Crippen LogP contribution in [0, 0.1) is 5.82 Å². The number of hydrogen-bond donors (Lipinski definition) is 3. The lowest BCUT2D eigenvalue weighted by atomic mass is 9.98. The van der Waals surface area contributed by atoms with Gasteiger partial charge in [0, 0.05) is 12.1 Å². The molecule has 0 aromatic heterocycles. The Morgan fingerprint density at radius 1 is 1.09 bits per heavy atom. The number of benzene rings is 2. The Labute approximate surface area is 129 Å². The largest absolute Gasteiger partial charge is 0.395 e. The first-order valence-electron chi connectivity index (χ1n) is 7.14. The van der Waals surface area contributed by atoms with Crippen molar-refractivity contribution in [2.45, 2.75) is 12.5 Å². The summed E-state index contributed by atoms with van der Waals surface area (Å²) in [6, 6.07) is 15.1. The summed E-state index contributed by atoms with van der Waals surface area (Å²) in [5, 5.41) is 14.0. The molecule has 0 fully saturated rings. The smallest absolute Gasteiger partial charge is 0.315 e. The minimum absolute atomic E-state index is 0.142. The average molecular weight is 302 g/mol. The van der Waals surface area contributed by atoms with Crippen molar-refractivity contribution in [2.75, 3.05) is 13.2 Å². The van der Waals surface area contributed by atoms with Crippen molar-refractivity contribution >= 4 is 6.03 Å². The van der Waals surface area contributed by atoms with Crippen LogP contribution in [0.1, 0.15) is 17.2 Å². The van der Waals surface area contributed by atoms with Crippen molar-refractivity contribution in [2.24, 2.45) is 0 Å². The second-order valence-corrected chi connectivity index (χ2v) is 4.89. The van der Waals surface area contributed by atoms with Crippen LogP contribution < -0.4 is 10.6 Å². The first kappa shape index (κ1) is 16.0. The molecule has 4 nitrogen and oxygen atoms in total. The summed E-state index contributed by atoms with van der Waals surface area (Å²) >= 11 is 0. The number of rotatable bonds is 6. The summed E-state index contributed by atoms with van der Waals surface area (Å²) in [6.07, 6.45) is 0.480. The molecule has 5 heteroatoms. The number of aliphatic hydroxyl groups is 1. The maximum absolute atomic E-state index is 14.0. The predicted octanol–water partition coefficient (Wildman–Crippen LogP) is 2.40. The van der Waals surface area contributed by atoms with Crippen molar-refractivity contribution in [3.05, 3.63) is 71.5 Å². The van der Waals surface area contributed by atoms with Crippen LogP contribution in [0.2, 0.25) is 0 Å². The molecule has 1 atom stereocenters. The van der Waals surface area contributed by atoms with Crippen molar-refractivity contribution in [1.29, 1.82) is 0 Å². The third kappa shape index (κ3) is 4.56. The fraction of sp³-hybridized carbons (Fsp3) is 0.235. The summed E-state index contributed by atoms with van der Waals surface area (Å²) in [4.78, 5) is 11.8. The third-order valence-corrected chi connectivity index (χ3v) is 3.27. The molecular weight excluding hydrogens is 283 g/mol. The molecule has 0 saturated carbocycles. The number of carbonyl (C=O) groups is 1. The fourth-order valence-electron chi connectivity index (χ4n) is 2.22. The zero-order chi connectivity index (χ0) is 15.8. The number of amides is 2. The SMILES string of the molecule is O=C(NCCO)NC(Cc1ccccc1)c1ccccc1F. The van der Waals surface area contributed by atoms with E-state index in [-0.39, 0.29) is 19.0 Å². The second kappa shape index (κ2) is 8.14. The lowest BCUT2D eigenvalue weighted by molar-refractivity contribution is 0.230. The van der Waals surface area contributed by atoms with Gasteiger partial charge in [-0.05, 0) is 18.1 Å². The van der Waals surface area contributed by atoms with E-state index in [0.29, 0.717) is 12.0 Å². The Hall–Kier alpha value is -2.40. The molecule has 2 amide bonds. The zero-order valence-electron chi connectivity index (χ0n) is 12.1. The molecule has 2 aromatic carbocycles. The molecule has 2 rings (SSSR count). The molecular formula is C17H19FN2O2. The fourth-order valence-corrected chi connectivity index (χ4v) is 2.22. The second-order valence-electron chi connectivity index (χ2n) is 4.89. The van der Waals surface area contributed by atoms with E-state index in [4.69, 9.17) is 5.11 Å². The van der Waals surface area contributed by atoms with Crippen molar-refractivity contribution in [3.63, 3.8) is 0 Å². The van der Waals surface area contributed by atoms with Gasteiger partial charge in [0.15, 0.2) is 0 Å². The van der Waals surface area contributed by atoms with Gasteiger partial charge in [0.1, 0.15) is 5.82 Å². The highest BCUT2D eigenvalue weighted by Gasteiger charge is 2.18. The highest BCUT2D eigenvalue weighted by Crippen LogP contribution is 2.21. The predicted molar refractivity (Wildman–Crippen MR) is 82.9 cm³/mol. The minimum atomic E-state index is -0.484. The molecule has 0 heterocycles. The van der Waals surface area contributed by atoms with Crippen LogP contribution in [0.4, 0.5) is 9.18 Å². The molecule has 0 aliphatic carbocycles. The molecule has 0 radical (unpaired) electrons. The van der Waals surface area contributed by atoms with Crippen LogP contribution in [0.15, 0.2) is 54.6 Å². The number of urea groups is 1. The van der Waals surface area contributed by atoms with E-state index < -0.39 is 12.1 Å². The summed E-state index contributed by atoms with van der Waals surface area (Å²) in [5.74, 6) is -0.356. The van der Waals surface area contributed by atoms with Crippen LogP contribution in [0.3, 0.4) is 0 Å². The van der Waals surface area contributed by atoms with Crippen LogP contribution >= 0.6 is 0 Å². The summed E-state index contributed by atoms with van der Waals surface area (Å²) in [7, 11) is 0. The topological polar surface area (TPSA) is 61.4 Å². The van der Waals surface area contributed by atoms with Crippen LogP contribution in [0.5, 0.6) is 0 Å². The highest BCUT2D eigenvalue weighted by molar-refractivity contribution is 5.74. The molecule has 3 N–H and O–H groups in total. The monoisotopic (exact) mass is 302 g/mol. The van der Waals surface area contributed by atoms with Gasteiger partial charge in [0.25, 0.3) is 0 Å². The first-order valence-corrected chi connectivity index (χ1v) is 7.14. The Bertz CT molecular complexity index is 605. The van der Waals surface area contributed by atoms with Gasteiger partial charge in [-0.2, -0.15) is 0 Å². The molecule has 22 heavy (non-hydrogen) atoms. The van der Waals surface area contributed by atoms with E-state index in [0.717, 1.165) is 5.56 Å². The Kier molecular flexibility index (Phi) is 5.91. The van der Waals surface area contributed by atoms with Crippen molar-refractivity contribution < 1.29 is 14.3 Å². The summed E-state index contributed by atoms with van der Waals surface area (Å²) < 4.78 is 14.0. The molecule has 0 saturated heterocycles. The van der Waals surface area contributed by atoms with Gasteiger partial charge < -0.3 is 15.7 Å². The molecule has 0 aliphatic heterocycles. The molecule has 0 spiro atoms. The van der Waals surface area contributed by atoms with E-state index in [2.05, 4.69) is 10.6 Å². The van der Waals surface area contributed by atoms with Gasteiger partial charge in [0.05, 0.1) is 12.6 Å². The van der Waals surface area contributed by atoms with Crippen LogP contribution in [-0.2, 0) is 6.42 Å². The van der Waals surface area contributed by atoms with Gasteiger partial charge >= 0.3 is 6.03 Å². The Morgan fingerprint density at radius 3 is 2.45 bits per heavy atom. The van der Waals surface area contributed by atoms with Gasteiger partial charge in [-0.1, -0.05) is 48.5 Å². The number of carbonyl (C=O) groups excluding carboxylic acids is 1. The van der Waals surface area contributed by atoms with Gasteiger partial charge in [0.2, 0.25) is 0 Å². The van der Waals surface area contributed by atoms with E-state index >= 15 is 0 Å². The molecule has 0 bridgehead atoms. The van der Waals surface area contributed by atoms with Gasteiger partial charge in [-0.3, -0.25) is 0 Å². The normalized spacial score (nSPS) is 11.7. The van der Waals surface area contributed by atoms with E-state index in [1.807, 2.05) is 30.3 Å². The summed E-state index contributed by atoms with van der Waals surface area (Å²) in [6.45, 7) is 0.0115. The van der Waals surface area contributed by atoms with E-state index in [1.54, 1.807) is 18.2 Å². The van der Waals surface area contributed by atoms with E-state index in [9.17, 15) is 9.18 Å². The van der Waals surface area contributed by atoms with Crippen LogP contribution in [-0.4, -0.2) is 24.3 Å². The number of aliphatic hydroxyl groups excluding tert-OH is 1. The molecule has 0 aliphatic rings. The number of nitrogens with one attached hydrogen (secondary N) is 2. The standard InChI is InChI=1S/C17H19FN2O2/c18-15-9-5-4-8-14(15)16(20-17(22)19-10-11-21)12-13-6-2-1-3-7-13/h1-9,16,21H,10-12H2,(H2,19,20,22). The zero-order valence-corrected chi connectivity index (χ0v) is 12.1. The first-order chi connectivity index (χ1) is 10.7. The maximum atomic E-state index is 14.0. The summed E-state index contributed by atoms with van der Waals surface area (Å²) in [5.41, 5.74) is 1.43. The minimum Gasteiger partial charge on any atom is -0.395 e. The van der Waals surface area contributed by atoms with Crippen molar-refractivity contribution in [3.8, 4) is 0 Å². The quantitative estimate of drug-likeness (QED) is 0.767. The lowest BCUT2D eigenvalue weighted by Gasteiger charge is -2.20. The Balaban J connectivity index is 2.17. The van der Waals surface area contributed by atoms with Gasteiger partial charge in [-0.15, -0.1) is 0 Å². The van der Waals surface area contributed by atoms with Gasteiger partial charge in [-0.25, -0.2) is 9.18 Å². The molecule has 116 valence electrons. The third-order valence-electron chi connectivity index (χ3n) is 3.27. The number of hydrogen-bond acceptors (Lipinski definition) is 2. The van der Waals surface area contributed by atoms with Crippen LogP contribution in [0.25, 0.3) is 0 Å².